The summed E-state index contributed by atoms with van der Waals surface area (Å²) in [5.41, 5.74) is 2.86. The van der Waals surface area contributed by atoms with Crippen LogP contribution in [-0.4, -0.2) is 29.6 Å². The number of benzene rings is 1. The Bertz CT molecular complexity index is 974. The molecule has 7 heteroatoms. The van der Waals surface area contributed by atoms with Crippen LogP contribution in [0.3, 0.4) is 0 Å². The van der Waals surface area contributed by atoms with Gasteiger partial charge in [-0.1, -0.05) is 0 Å². The molecule has 3 aliphatic rings. The fourth-order valence-corrected chi connectivity index (χ4v) is 3.86. The summed E-state index contributed by atoms with van der Waals surface area (Å²) in [7, 11) is 0. The largest absolute Gasteiger partial charge is 0.446 e. The van der Waals surface area contributed by atoms with Crippen LogP contribution in [0.1, 0.15) is 59.9 Å². The number of rotatable bonds is 4. The van der Waals surface area contributed by atoms with Gasteiger partial charge in [0.15, 0.2) is 0 Å². The van der Waals surface area contributed by atoms with Crippen molar-refractivity contribution >= 4 is 17.7 Å². The van der Waals surface area contributed by atoms with Crippen LogP contribution >= 0.6 is 0 Å². The van der Waals surface area contributed by atoms with Gasteiger partial charge in [0.25, 0.3) is 5.91 Å². The minimum Gasteiger partial charge on any atom is -0.446 e. The first kappa shape index (κ1) is 18.1. The van der Waals surface area contributed by atoms with Crippen molar-refractivity contribution in [2.45, 2.75) is 44.2 Å². The highest BCUT2D eigenvalue weighted by atomic mass is 19.1. The zero-order valence-corrected chi connectivity index (χ0v) is 16.1. The number of hydrogen-bond donors (Lipinski definition) is 1. The van der Waals surface area contributed by atoms with Gasteiger partial charge in [-0.2, -0.15) is 0 Å². The van der Waals surface area contributed by atoms with E-state index in [1.165, 1.54) is 24.3 Å². The van der Waals surface area contributed by atoms with E-state index >= 15 is 0 Å². The Hall–Kier alpha value is -2.96. The number of anilines is 1. The standard InChI is InChI=1S/C22H22FN3O3/c1-12(24-21(27)13-2-4-15(23)5-3-13)18-8-9-19-20(25-18)17-10-14(17)11-26(19)22(28)29-16-6-7-16/h2-5,8-9,12,14,16-17H,6-7,10-11H2,1H3,(H,24,27)/t12-,14-,17-/m1/s1. The molecule has 2 amide bonds. The van der Waals surface area contributed by atoms with Crippen molar-refractivity contribution in [3.63, 3.8) is 0 Å². The molecule has 6 nitrogen and oxygen atoms in total. The predicted octanol–water partition coefficient (Wildman–Crippen LogP) is 3.93. The number of nitrogens with zero attached hydrogens (tertiary/aromatic N) is 2. The summed E-state index contributed by atoms with van der Waals surface area (Å²) in [6.07, 6.45) is 2.69. The Morgan fingerprint density at radius 3 is 2.69 bits per heavy atom. The molecular weight excluding hydrogens is 373 g/mol. The molecule has 1 N–H and O–H groups in total. The van der Waals surface area contributed by atoms with E-state index in [-0.39, 0.29) is 30.0 Å². The van der Waals surface area contributed by atoms with E-state index in [0.29, 0.717) is 23.9 Å². The number of amides is 2. The van der Waals surface area contributed by atoms with Crippen LogP contribution in [0.15, 0.2) is 36.4 Å². The topological polar surface area (TPSA) is 71.5 Å². The molecule has 3 atom stereocenters. The van der Waals surface area contributed by atoms with Crippen LogP contribution in [0.5, 0.6) is 0 Å². The van der Waals surface area contributed by atoms with Crippen LogP contribution in [-0.2, 0) is 4.74 Å². The van der Waals surface area contributed by atoms with Gasteiger partial charge in [-0.3, -0.25) is 14.7 Å². The lowest BCUT2D eigenvalue weighted by Crippen LogP contribution is -2.37. The molecule has 0 unspecified atom stereocenters. The lowest BCUT2D eigenvalue weighted by Gasteiger charge is -2.28. The summed E-state index contributed by atoms with van der Waals surface area (Å²) in [6, 6.07) is 8.86. The maximum Gasteiger partial charge on any atom is 0.414 e. The summed E-state index contributed by atoms with van der Waals surface area (Å²) in [4.78, 5) is 31.4. The molecular formula is C22H22FN3O3. The molecule has 1 aromatic heterocycles. The molecule has 2 saturated carbocycles. The smallest absolute Gasteiger partial charge is 0.414 e. The van der Waals surface area contributed by atoms with Crippen molar-refractivity contribution in [2.24, 2.45) is 5.92 Å². The fraction of sp³-hybridized carbons (Fsp3) is 0.409. The Labute approximate surface area is 168 Å². The highest BCUT2D eigenvalue weighted by molar-refractivity contribution is 5.94. The second-order valence-corrected chi connectivity index (χ2v) is 8.14. The summed E-state index contributed by atoms with van der Waals surface area (Å²) >= 11 is 0. The summed E-state index contributed by atoms with van der Waals surface area (Å²) in [5, 5.41) is 2.91. The van der Waals surface area contributed by atoms with E-state index in [2.05, 4.69) is 5.32 Å². The fourth-order valence-electron chi connectivity index (χ4n) is 3.86. The van der Waals surface area contributed by atoms with Crippen LogP contribution in [0.2, 0.25) is 0 Å². The first-order chi connectivity index (χ1) is 14.0. The molecule has 2 aromatic rings. The number of carbonyl (C=O) groups is 2. The first-order valence-corrected chi connectivity index (χ1v) is 10.0. The Balaban J connectivity index is 1.34. The van der Waals surface area contributed by atoms with Gasteiger partial charge in [0.2, 0.25) is 0 Å². The molecule has 1 aliphatic heterocycles. The van der Waals surface area contributed by atoms with E-state index in [4.69, 9.17) is 9.72 Å². The van der Waals surface area contributed by atoms with Gasteiger partial charge in [-0.05, 0) is 68.5 Å². The molecule has 0 saturated heterocycles. The Morgan fingerprint density at radius 1 is 1.21 bits per heavy atom. The predicted molar refractivity (Wildman–Crippen MR) is 104 cm³/mol. The van der Waals surface area contributed by atoms with Crippen molar-refractivity contribution in [1.29, 1.82) is 0 Å². The third-order valence-corrected chi connectivity index (χ3v) is 5.82. The number of pyridine rings is 1. The zero-order chi connectivity index (χ0) is 20.1. The highest BCUT2D eigenvalue weighted by Crippen LogP contribution is 2.54. The average Bonchev–Trinajstić information content (AvgIpc) is 3.62. The van der Waals surface area contributed by atoms with Gasteiger partial charge in [-0.15, -0.1) is 0 Å². The van der Waals surface area contributed by atoms with Gasteiger partial charge in [-0.25, -0.2) is 9.18 Å². The van der Waals surface area contributed by atoms with Gasteiger partial charge < -0.3 is 10.1 Å². The van der Waals surface area contributed by atoms with Gasteiger partial charge in [0.05, 0.1) is 23.1 Å². The monoisotopic (exact) mass is 395 g/mol. The highest BCUT2D eigenvalue weighted by Gasteiger charge is 2.48. The lowest BCUT2D eigenvalue weighted by atomic mass is 10.1. The average molecular weight is 395 g/mol. The number of nitrogens with one attached hydrogen (secondary N) is 1. The summed E-state index contributed by atoms with van der Waals surface area (Å²) in [5.74, 6) is 0.140. The van der Waals surface area contributed by atoms with Crippen LogP contribution in [0, 0.1) is 11.7 Å². The third-order valence-electron chi connectivity index (χ3n) is 5.82. The number of halogens is 1. The van der Waals surface area contributed by atoms with Gasteiger partial charge >= 0.3 is 6.09 Å². The maximum atomic E-state index is 13.1. The Morgan fingerprint density at radius 2 is 1.97 bits per heavy atom. The van der Waals surface area contributed by atoms with Crippen molar-refractivity contribution in [2.75, 3.05) is 11.4 Å². The number of aromatic nitrogens is 1. The molecule has 2 heterocycles. The van der Waals surface area contributed by atoms with Crippen molar-refractivity contribution in [3.8, 4) is 0 Å². The molecule has 1 aromatic carbocycles. The van der Waals surface area contributed by atoms with E-state index in [1.54, 1.807) is 4.90 Å². The molecule has 0 radical (unpaired) electrons. The number of hydrogen-bond acceptors (Lipinski definition) is 4. The van der Waals surface area contributed by atoms with Gasteiger partial charge in [0, 0.05) is 18.0 Å². The molecule has 150 valence electrons. The van der Waals surface area contributed by atoms with E-state index in [0.717, 1.165) is 36.3 Å². The maximum absolute atomic E-state index is 13.1. The second-order valence-electron chi connectivity index (χ2n) is 8.14. The van der Waals surface area contributed by atoms with Crippen LogP contribution in [0.25, 0.3) is 0 Å². The minimum atomic E-state index is -0.380. The number of ether oxygens (including phenoxy) is 1. The number of carbonyl (C=O) groups excluding carboxylic acids is 2. The molecule has 0 spiro atoms. The van der Waals surface area contributed by atoms with Crippen LogP contribution < -0.4 is 10.2 Å². The lowest BCUT2D eigenvalue weighted by molar-refractivity contribution is 0.0939. The van der Waals surface area contributed by atoms with Crippen molar-refractivity contribution in [3.05, 3.63) is 59.2 Å². The molecule has 2 fully saturated rings. The van der Waals surface area contributed by atoms with E-state index in [9.17, 15) is 14.0 Å². The van der Waals surface area contributed by atoms with E-state index < -0.39 is 0 Å². The molecule has 2 aliphatic carbocycles. The van der Waals surface area contributed by atoms with Crippen molar-refractivity contribution < 1.29 is 18.7 Å². The van der Waals surface area contributed by atoms with Crippen LogP contribution in [0.4, 0.5) is 14.9 Å². The molecule has 5 rings (SSSR count). The van der Waals surface area contributed by atoms with Crippen molar-refractivity contribution in [1.82, 2.24) is 10.3 Å². The van der Waals surface area contributed by atoms with Gasteiger partial charge in [0.1, 0.15) is 11.9 Å². The number of fused-ring (bicyclic) bond motifs is 3. The summed E-state index contributed by atoms with van der Waals surface area (Å²) < 4.78 is 18.5. The summed E-state index contributed by atoms with van der Waals surface area (Å²) in [6.45, 7) is 2.55. The molecule has 29 heavy (non-hydrogen) atoms. The minimum absolute atomic E-state index is 0.0665. The quantitative estimate of drug-likeness (QED) is 0.851. The normalized spacial score (nSPS) is 22.9. The SMILES string of the molecule is C[C@@H](NC(=O)c1ccc(F)cc1)c1ccc2c(n1)[C@@H]1C[C@@H]1CN2C(=O)OC1CC1. The molecule has 0 bridgehead atoms. The Kier molecular flexibility index (Phi) is 4.26. The third kappa shape index (κ3) is 3.57. The van der Waals surface area contributed by atoms with E-state index in [1.807, 2.05) is 19.1 Å². The first-order valence-electron chi connectivity index (χ1n) is 10.0. The second kappa shape index (κ2) is 6.83. The zero-order valence-electron chi connectivity index (χ0n) is 16.1.